The molecule has 6 heteroatoms. The van der Waals surface area contributed by atoms with Crippen molar-refractivity contribution in [3.05, 3.63) is 90.0 Å². The average molecular weight is 529 g/mol. The highest BCUT2D eigenvalue weighted by atomic mass is 127. The third-order valence-electron chi connectivity index (χ3n) is 6.15. The van der Waals surface area contributed by atoms with Gasteiger partial charge in [0.2, 0.25) is 0 Å². The van der Waals surface area contributed by atoms with Crippen LogP contribution < -0.4 is 10.6 Å². The first-order chi connectivity index (χ1) is 14.8. The average Bonchev–Trinajstić information content (AvgIpc) is 3.20. The van der Waals surface area contributed by atoms with Gasteiger partial charge in [0.15, 0.2) is 5.96 Å². The van der Waals surface area contributed by atoms with Crippen molar-refractivity contribution in [2.75, 3.05) is 20.1 Å². The summed E-state index contributed by atoms with van der Waals surface area (Å²) in [5.74, 6) is 1.94. The SMILES string of the molecule is CN=C(NCCc1nccn1Cc1ccccc1)NCC1(c2ccccc2)CCC1.I. The Morgan fingerprint density at radius 1 is 1.03 bits per heavy atom. The second kappa shape index (κ2) is 11.3. The summed E-state index contributed by atoms with van der Waals surface area (Å²) < 4.78 is 2.21. The number of halogens is 1. The smallest absolute Gasteiger partial charge is 0.191 e. The number of guanidine groups is 1. The summed E-state index contributed by atoms with van der Waals surface area (Å²) in [6.45, 7) is 2.56. The van der Waals surface area contributed by atoms with Crippen molar-refractivity contribution in [2.45, 2.75) is 37.6 Å². The molecule has 3 aromatic rings. The molecular formula is C25H32IN5. The van der Waals surface area contributed by atoms with E-state index in [1.54, 1.807) is 0 Å². The molecule has 0 amide bonds. The van der Waals surface area contributed by atoms with E-state index in [1.165, 1.54) is 30.4 Å². The molecule has 1 aromatic heterocycles. The van der Waals surface area contributed by atoms with Gasteiger partial charge in [0.25, 0.3) is 0 Å². The van der Waals surface area contributed by atoms with Crippen LogP contribution in [-0.2, 0) is 18.4 Å². The third-order valence-corrected chi connectivity index (χ3v) is 6.15. The molecular weight excluding hydrogens is 497 g/mol. The van der Waals surface area contributed by atoms with E-state index < -0.39 is 0 Å². The fourth-order valence-electron chi connectivity index (χ4n) is 4.22. The molecule has 2 N–H and O–H groups in total. The van der Waals surface area contributed by atoms with Crippen LogP contribution in [0.4, 0.5) is 0 Å². The fourth-order valence-corrected chi connectivity index (χ4v) is 4.22. The van der Waals surface area contributed by atoms with Crippen molar-refractivity contribution < 1.29 is 0 Å². The van der Waals surface area contributed by atoms with E-state index in [0.717, 1.165) is 37.8 Å². The standard InChI is InChI=1S/C25H31N5.HI/c1-26-24(29-20-25(14-8-15-25)22-11-6-3-7-12-22)28-16-13-23-27-17-18-30(23)19-21-9-4-2-5-10-21;/h2-7,9-12,17-18H,8,13-16,19-20H2,1H3,(H2,26,28,29);1H. The molecule has 1 saturated carbocycles. The topological polar surface area (TPSA) is 54.2 Å². The molecule has 0 radical (unpaired) electrons. The van der Waals surface area contributed by atoms with Crippen LogP contribution in [0.15, 0.2) is 78.0 Å². The zero-order chi connectivity index (χ0) is 20.7. The maximum absolute atomic E-state index is 4.55. The van der Waals surface area contributed by atoms with Crippen LogP contribution in [-0.4, -0.2) is 35.6 Å². The molecule has 2 aromatic carbocycles. The molecule has 1 aliphatic rings. The van der Waals surface area contributed by atoms with Crippen molar-refractivity contribution in [2.24, 2.45) is 4.99 Å². The van der Waals surface area contributed by atoms with Crippen LogP contribution >= 0.6 is 24.0 Å². The number of imidazole rings is 1. The Bertz CT molecular complexity index is 948. The summed E-state index contributed by atoms with van der Waals surface area (Å²) in [5.41, 5.74) is 2.96. The van der Waals surface area contributed by atoms with Gasteiger partial charge in [-0.1, -0.05) is 67.1 Å². The molecule has 0 bridgehead atoms. The molecule has 0 saturated heterocycles. The van der Waals surface area contributed by atoms with Crippen LogP contribution in [0.2, 0.25) is 0 Å². The zero-order valence-electron chi connectivity index (χ0n) is 18.1. The van der Waals surface area contributed by atoms with Gasteiger partial charge in [0.1, 0.15) is 5.82 Å². The lowest BCUT2D eigenvalue weighted by molar-refractivity contribution is 0.244. The van der Waals surface area contributed by atoms with Crippen LogP contribution in [0.3, 0.4) is 0 Å². The number of rotatable bonds is 8. The summed E-state index contributed by atoms with van der Waals surface area (Å²) >= 11 is 0. The summed E-state index contributed by atoms with van der Waals surface area (Å²) in [7, 11) is 1.83. The Kier molecular flexibility index (Phi) is 8.51. The highest BCUT2D eigenvalue weighted by Crippen LogP contribution is 2.43. The molecule has 0 unspecified atom stereocenters. The number of nitrogens with one attached hydrogen (secondary N) is 2. The maximum atomic E-state index is 4.55. The van der Waals surface area contributed by atoms with E-state index in [9.17, 15) is 0 Å². The Balaban J connectivity index is 0.00000272. The van der Waals surface area contributed by atoms with Gasteiger partial charge in [-0.2, -0.15) is 0 Å². The van der Waals surface area contributed by atoms with Crippen molar-refractivity contribution in [1.29, 1.82) is 0 Å². The maximum Gasteiger partial charge on any atom is 0.191 e. The molecule has 1 fully saturated rings. The van der Waals surface area contributed by atoms with Gasteiger partial charge in [-0.05, 0) is 24.0 Å². The number of aliphatic imine (C=N–C) groups is 1. The van der Waals surface area contributed by atoms with Crippen molar-refractivity contribution in [1.82, 2.24) is 20.2 Å². The molecule has 5 nitrogen and oxygen atoms in total. The normalized spacial score (nSPS) is 14.9. The number of aromatic nitrogens is 2. The van der Waals surface area contributed by atoms with E-state index in [0.29, 0.717) is 0 Å². The number of hydrogen-bond donors (Lipinski definition) is 2. The Morgan fingerprint density at radius 3 is 2.39 bits per heavy atom. The van der Waals surface area contributed by atoms with Crippen LogP contribution in [0.25, 0.3) is 0 Å². The monoisotopic (exact) mass is 529 g/mol. The molecule has 0 spiro atoms. The minimum atomic E-state index is 0. The van der Waals surface area contributed by atoms with Gasteiger partial charge in [0.05, 0.1) is 0 Å². The van der Waals surface area contributed by atoms with E-state index >= 15 is 0 Å². The third kappa shape index (κ3) is 5.87. The molecule has 31 heavy (non-hydrogen) atoms. The molecule has 0 atom stereocenters. The Labute approximate surface area is 202 Å². The lowest BCUT2D eigenvalue weighted by Gasteiger charge is -2.43. The van der Waals surface area contributed by atoms with Crippen molar-refractivity contribution in [3.63, 3.8) is 0 Å². The van der Waals surface area contributed by atoms with Crippen LogP contribution in [0, 0.1) is 0 Å². The summed E-state index contributed by atoms with van der Waals surface area (Å²) in [5, 5.41) is 7.01. The van der Waals surface area contributed by atoms with Crippen molar-refractivity contribution >= 4 is 29.9 Å². The molecule has 164 valence electrons. The van der Waals surface area contributed by atoms with E-state index in [4.69, 9.17) is 0 Å². The van der Waals surface area contributed by atoms with Gasteiger partial charge in [-0.3, -0.25) is 4.99 Å². The lowest BCUT2D eigenvalue weighted by Crippen LogP contribution is -2.49. The van der Waals surface area contributed by atoms with Gasteiger partial charge in [-0.15, -0.1) is 24.0 Å². The first-order valence-electron chi connectivity index (χ1n) is 10.8. The van der Waals surface area contributed by atoms with Gasteiger partial charge in [-0.25, -0.2) is 4.98 Å². The predicted molar refractivity (Wildman–Crippen MR) is 138 cm³/mol. The largest absolute Gasteiger partial charge is 0.356 e. The number of nitrogens with zero attached hydrogens (tertiary/aromatic N) is 3. The Morgan fingerprint density at radius 2 is 1.74 bits per heavy atom. The van der Waals surface area contributed by atoms with E-state index in [2.05, 4.69) is 86.0 Å². The second-order valence-corrected chi connectivity index (χ2v) is 8.06. The quantitative estimate of drug-likeness (QED) is 0.259. The fraction of sp³-hybridized carbons (Fsp3) is 0.360. The molecule has 1 aliphatic carbocycles. The van der Waals surface area contributed by atoms with Gasteiger partial charge in [0, 0.05) is 50.9 Å². The summed E-state index contributed by atoms with van der Waals surface area (Å²) in [6, 6.07) is 21.4. The van der Waals surface area contributed by atoms with Crippen molar-refractivity contribution in [3.8, 4) is 0 Å². The minimum absolute atomic E-state index is 0. The highest BCUT2D eigenvalue weighted by molar-refractivity contribution is 14.0. The molecule has 1 heterocycles. The predicted octanol–water partition coefficient (Wildman–Crippen LogP) is 4.38. The minimum Gasteiger partial charge on any atom is -0.356 e. The summed E-state index contributed by atoms with van der Waals surface area (Å²) in [6.07, 6.45) is 8.55. The second-order valence-electron chi connectivity index (χ2n) is 8.06. The number of hydrogen-bond acceptors (Lipinski definition) is 2. The zero-order valence-corrected chi connectivity index (χ0v) is 20.5. The first kappa shape index (κ1) is 23.3. The van der Waals surface area contributed by atoms with Gasteiger partial charge >= 0.3 is 0 Å². The van der Waals surface area contributed by atoms with Crippen LogP contribution in [0.1, 0.15) is 36.2 Å². The van der Waals surface area contributed by atoms with E-state index in [1.807, 2.05) is 19.3 Å². The Hall–Kier alpha value is -2.35. The number of benzene rings is 2. The lowest BCUT2D eigenvalue weighted by atomic mass is 9.64. The summed E-state index contributed by atoms with van der Waals surface area (Å²) in [4.78, 5) is 8.96. The highest BCUT2D eigenvalue weighted by Gasteiger charge is 2.38. The molecule has 4 rings (SSSR count). The first-order valence-corrected chi connectivity index (χ1v) is 10.8. The van der Waals surface area contributed by atoms with Gasteiger partial charge < -0.3 is 15.2 Å². The van der Waals surface area contributed by atoms with E-state index in [-0.39, 0.29) is 29.4 Å². The van der Waals surface area contributed by atoms with Crippen LogP contribution in [0.5, 0.6) is 0 Å². The molecule has 0 aliphatic heterocycles.